The fraction of sp³-hybridized carbons (Fsp3) is 0.562. The standard InChI is InChI=1S/C16H23FN2O2.ClH/c1-2-11-19(15-7-9-18-10-8-15)16(20)21-12-13-3-5-14(17)6-4-13;/h3-6,15,18H,2,7-12H2,1H3;1H. The molecule has 6 heteroatoms. The highest BCUT2D eigenvalue weighted by atomic mass is 35.5. The SMILES string of the molecule is CCCN(C(=O)OCc1ccc(F)cc1)C1CCNCC1.Cl. The van der Waals surface area contributed by atoms with Gasteiger partial charge in [-0.05, 0) is 50.0 Å². The molecule has 0 bridgehead atoms. The van der Waals surface area contributed by atoms with Gasteiger partial charge in [0.05, 0.1) is 0 Å². The predicted molar refractivity (Wildman–Crippen MR) is 86.7 cm³/mol. The fourth-order valence-corrected chi connectivity index (χ4v) is 2.59. The molecule has 0 spiro atoms. The first-order chi connectivity index (χ1) is 10.2. The minimum atomic E-state index is -0.285. The molecule has 0 unspecified atom stereocenters. The summed E-state index contributed by atoms with van der Waals surface area (Å²) in [6, 6.07) is 6.28. The fourth-order valence-electron chi connectivity index (χ4n) is 2.59. The molecular formula is C16H24ClFN2O2. The second kappa shape index (κ2) is 9.64. The highest BCUT2D eigenvalue weighted by Crippen LogP contribution is 2.15. The van der Waals surface area contributed by atoms with Gasteiger partial charge >= 0.3 is 6.09 Å². The molecule has 0 radical (unpaired) electrons. The van der Waals surface area contributed by atoms with E-state index in [4.69, 9.17) is 4.74 Å². The first-order valence-electron chi connectivity index (χ1n) is 7.59. The number of amides is 1. The van der Waals surface area contributed by atoms with Crippen LogP contribution in [0.5, 0.6) is 0 Å². The zero-order valence-electron chi connectivity index (χ0n) is 12.9. The van der Waals surface area contributed by atoms with Crippen LogP contribution in [-0.4, -0.2) is 36.7 Å². The van der Waals surface area contributed by atoms with Crippen LogP contribution in [0.2, 0.25) is 0 Å². The lowest BCUT2D eigenvalue weighted by Crippen LogP contribution is -2.46. The Labute approximate surface area is 137 Å². The molecule has 1 saturated heterocycles. The van der Waals surface area contributed by atoms with Crippen molar-refractivity contribution in [3.05, 3.63) is 35.6 Å². The minimum Gasteiger partial charge on any atom is -0.445 e. The van der Waals surface area contributed by atoms with Crippen LogP contribution in [0.15, 0.2) is 24.3 Å². The summed E-state index contributed by atoms with van der Waals surface area (Å²) < 4.78 is 18.2. The van der Waals surface area contributed by atoms with E-state index in [0.717, 1.165) is 37.9 Å². The number of ether oxygens (including phenoxy) is 1. The van der Waals surface area contributed by atoms with Gasteiger partial charge in [-0.1, -0.05) is 19.1 Å². The first-order valence-corrected chi connectivity index (χ1v) is 7.59. The molecule has 1 aliphatic rings. The van der Waals surface area contributed by atoms with Gasteiger partial charge in [-0.3, -0.25) is 0 Å². The Kier molecular flexibility index (Phi) is 8.20. The molecule has 1 fully saturated rings. The quantitative estimate of drug-likeness (QED) is 0.900. The van der Waals surface area contributed by atoms with Crippen molar-refractivity contribution in [2.45, 2.75) is 38.8 Å². The third kappa shape index (κ3) is 5.46. The van der Waals surface area contributed by atoms with Gasteiger partial charge in [0.15, 0.2) is 0 Å². The van der Waals surface area contributed by atoms with Crippen molar-refractivity contribution in [1.82, 2.24) is 10.2 Å². The molecular weight excluding hydrogens is 307 g/mol. The van der Waals surface area contributed by atoms with E-state index in [1.807, 2.05) is 4.90 Å². The molecule has 2 rings (SSSR count). The predicted octanol–water partition coefficient (Wildman–Crippen LogP) is 3.35. The second-order valence-corrected chi connectivity index (χ2v) is 5.36. The number of rotatable bonds is 5. The highest BCUT2D eigenvalue weighted by molar-refractivity contribution is 5.85. The van der Waals surface area contributed by atoms with Gasteiger partial charge < -0.3 is 15.0 Å². The molecule has 1 N–H and O–H groups in total. The number of carbonyl (C=O) groups excluding carboxylic acids is 1. The monoisotopic (exact) mass is 330 g/mol. The van der Waals surface area contributed by atoms with Crippen molar-refractivity contribution < 1.29 is 13.9 Å². The molecule has 4 nitrogen and oxygen atoms in total. The van der Waals surface area contributed by atoms with Crippen LogP contribution in [-0.2, 0) is 11.3 Å². The largest absolute Gasteiger partial charge is 0.445 e. The molecule has 22 heavy (non-hydrogen) atoms. The van der Waals surface area contributed by atoms with Crippen molar-refractivity contribution in [2.24, 2.45) is 0 Å². The zero-order valence-corrected chi connectivity index (χ0v) is 13.7. The lowest BCUT2D eigenvalue weighted by atomic mass is 10.1. The lowest BCUT2D eigenvalue weighted by Gasteiger charge is -2.33. The number of hydrogen-bond acceptors (Lipinski definition) is 3. The Morgan fingerprint density at radius 1 is 1.32 bits per heavy atom. The van der Waals surface area contributed by atoms with Crippen LogP contribution in [0.4, 0.5) is 9.18 Å². The van der Waals surface area contributed by atoms with Crippen LogP contribution in [0, 0.1) is 5.82 Å². The number of nitrogens with zero attached hydrogens (tertiary/aromatic N) is 1. The van der Waals surface area contributed by atoms with E-state index < -0.39 is 0 Å². The first kappa shape index (κ1) is 18.7. The Bertz CT molecular complexity index is 450. The van der Waals surface area contributed by atoms with Crippen LogP contribution in [0.3, 0.4) is 0 Å². The summed E-state index contributed by atoms with van der Waals surface area (Å²) in [5.74, 6) is -0.285. The number of nitrogens with one attached hydrogen (secondary N) is 1. The third-order valence-corrected chi connectivity index (χ3v) is 3.72. The molecule has 0 aromatic heterocycles. The summed E-state index contributed by atoms with van der Waals surface area (Å²) >= 11 is 0. The molecule has 0 atom stereocenters. The van der Waals surface area contributed by atoms with Gasteiger partial charge in [-0.25, -0.2) is 9.18 Å². The number of piperidine rings is 1. The van der Waals surface area contributed by atoms with Crippen molar-refractivity contribution >= 4 is 18.5 Å². The van der Waals surface area contributed by atoms with Crippen molar-refractivity contribution in [2.75, 3.05) is 19.6 Å². The maximum absolute atomic E-state index is 12.8. The molecule has 1 heterocycles. The summed E-state index contributed by atoms with van der Waals surface area (Å²) in [4.78, 5) is 14.1. The topological polar surface area (TPSA) is 41.6 Å². The Hall–Kier alpha value is -1.33. The Morgan fingerprint density at radius 2 is 1.95 bits per heavy atom. The molecule has 1 aromatic rings. The van der Waals surface area contributed by atoms with E-state index in [1.54, 1.807) is 12.1 Å². The molecule has 0 aliphatic carbocycles. The van der Waals surface area contributed by atoms with Crippen molar-refractivity contribution in [3.8, 4) is 0 Å². The van der Waals surface area contributed by atoms with E-state index in [9.17, 15) is 9.18 Å². The second-order valence-electron chi connectivity index (χ2n) is 5.36. The average molecular weight is 331 g/mol. The maximum Gasteiger partial charge on any atom is 0.410 e. The average Bonchev–Trinajstić information content (AvgIpc) is 2.52. The van der Waals surface area contributed by atoms with Crippen LogP contribution in [0.25, 0.3) is 0 Å². The molecule has 0 saturated carbocycles. The highest BCUT2D eigenvalue weighted by Gasteiger charge is 2.25. The van der Waals surface area contributed by atoms with E-state index in [0.29, 0.717) is 6.54 Å². The summed E-state index contributed by atoms with van der Waals surface area (Å²) in [5.41, 5.74) is 0.798. The normalized spacial score (nSPS) is 15.0. The van der Waals surface area contributed by atoms with Crippen LogP contribution >= 0.6 is 12.4 Å². The number of benzene rings is 1. The van der Waals surface area contributed by atoms with Gasteiger partial charge in [0.2, 0.25) is 0 Å². The van der Waals surface area contributed by atoms with Gasteiger partial charge in [-0.15, -0.1) is 12.4 Å². The molecule has 1 aliphatic heterocycles. The van der Waals surface area contributed by atoms with Crippen LogP contribution in [0.1, 0.15) is 31.7 Å². The van der Waals surface area contributed by atoms with E-state index in [-0.39, 0.29) is 37.0 Å². The van der Waals surface area contributed by atoms with Gasteiger partial charge in [0.25, 0.3) is 0 Å². The number of carbonyl (C=O) groups is 1. The zero-order chi connectivity index (χ0) is 15.1. The van der Waals surface area contributed by atoms with Gasteiger partial charge in [0, 0.05) is 12.6 Å². The van der Waals surface area contributed by atoms with E-state index in [1.165, 1.54) is 12.1 Å². The lowest BCUT2D eigenvalue weighted by molar-refractivity contribution is 0.0734. The van der Waals surface area contributed by atoms with Crippen LogP contribution < -0.4 is 5.32 Å². The Balaban J connectivity index is 0.00000242. The summed E-state index contributed by atoms with van der Waals surface area (Å²) in [6.07, 6.45) is 2.57. The third-order valence-electron chi connectivity index (χ3n) is 3.72. The molecule has 124 valence electrons. The number of hydrogen-bond donors (Lipinski definition) is 1. The summed E-state index contributed by atoms with van der Waals surface area (Å²) in [6.45, 7) is 4.84. The minimum absolute atomic E-state index is 0. The smallest absolute Gasteiger partial charge is 0.410 e. The Morgan fingerprint density at radius 3 is 2.55 bits per heavy atom. The maximum atomic E-state index is 12.8. The summed E-state index contributed by atoms with van der Waals surface area (Å²) in [5, 5.41) is 3.30. The molecule has 1 aromatic carbocycles. The number of halogens is 2. The van der Waals surface area contributed by atoms with E-state index in [2.05, 4.69) is 12.2 Å². The van der Waals surface area contributed by atoms with E-state index >= 15 is 0 Å². The molecule has 1 amide bonds. The van der Waals surface area contributed by atoms with Crippen molar-refractivity contribution in [1.29, 1.82) is 0 Å². The van der Waals surface area contributed by atoms with Crippen molar-refractivity contribution in [3.63, 3.8) is 0 Å². The summed E-state index contributed by atoms with van der Waals surface area (Å²) in [7, 11) is 0. The van der Waals surface area contributed by atoms with Gasteiger partial charge in [-0.2, -0.15) is 0 Å². The van der Waals surface area contributed by atoms with Gasteiger partial charge in [0.1, 0.15) is 12.4 Å².